The van der Waals surface area contributed by atoms with Crippen molar-refractivity contribution in [1.29, 1.82) is 0 Å². The van der Waals surface area contributed by atoms with Crippen LogP contribution in [0.25, 0.3) is 0 Å². The third kappa shape index (κ3) is 4.96. The predicted molar refractivity (Wildman–Crippen MR) is 95.7 cm³/mol. The van der Waals surface area contributed by atoms with Gasteiger partial charge in [-0.05, 0) is 19.9 Å². The van der Waals surface area contributed by atoms with Gasteiger partial charge in [0.15, 0.2) is 0 Å². The number of hydrogen-bond acceptors (Lipinski definition) is 6. The molecule has 0 bridgehead atoms. The molecule has 1 atom stereocenters. The number of rotatable bonds is 6. The number of carbonyl (C=O) groups is 1. The van der Waals surface area contributed by atoms with E-state index in [9.17, 15) is 14.9 Å². The van der Waals surface area contributed by atoms with Crippen LogP contribution in [0.1, 0.15) is 29.9 Å². The molecule has 0 aliphatic carbocycles. The third-order valence-electron chi connectivity index (χ3n) is 4.78. The quantitative estimate of drug-likeness (QED) is 0.615. The SMILES string of the molecule is Cc1ncc([N+](=O)[O-])cc1C(=O)NC[C@@H](C(C)C)N1CCN(C)CC1. The Morgan fingerprint density at radius 2 is 2.00 bits per heavy atom. The summed E-state index contributed by atoms with van der Waals surface area (Å²) in [7, 11) is 2.11. The van der Waals surface area contributed by atoms with Crippen molar-refractivity contribution in [3.63, 3.8) is 0 Å². The van der Waals surface area contributed by atoms with Gasteiger partial charge in [0, 0.05) is 44.8 Å². The van der Waals surface area contributed by atoms with Gasteiger partial charge in [-0.2, -0.15) is 0 Å². The number of aromatic nitrogens is 1. The fraction of sp³-hybridized carbons (Fsp3) is 0.647. The molecule has 138 valence electrons. The Kier molecular flexibility index (Phi) is 6.44. The molecular weight excluding hydrogens is 322 g/mol. The molecule has 1 aromatic heterocycles. The average molecular weight is 349 g/mol. The number of hydrogen-bond donors (Lipinski definition) is 1. The van der Waals surface area contributed by atoms with Crippen LogP contribution in [0, 0.1) is 23.0 Å². The normalized spacial score (nSPS) is 17.5. The largest absolute Gasteiger partial charge is 0.350 e. The van der Waals surface area contributed by atoms with Crippen molar-refractivity contribution in [2.75, 3.05) is 39.8 Å². The highest BCUT2D eigenvalue weighted by Crippen LogP contribution is 2.16. The molecule has 0 aromatic carbocycles. The lowest BCUT2D eigenvalue weighted by molar-refractivity contribution is -0.385. The lowest BCUT2D eigenvalue weighted by Crippen LogP contribution is -2.54. The fourth-order valence-corrected chi connectivity index (χ4v) is 3.08. The van der Waals surface area contributed by atoms with Crippen LogP contribution in [0.5, 0.6) is 0 Å². The average Bonchev–Trinajstić information content (AvgIpc) is 2.56. The summed E-state index contributed by atoms with van der Waals surface area (Å²) in [5, 5.41) is 13.8. The Morgan fingerprint density at radius 3 is 2.56 bits per heavy atom. The number of nitrogens with one attached hydrogen (secondary N) is 1. The highest BCUT2D eigenvalue weighted by molar-refractivity contribution is 5.95. The summed E-state index contributed by atoms with van der Waals surface area (Å²) in [6.07, 6.45) is 1.17. The Morgan fingerprint density at radius 1 is 1.36 bits per heavy atom. The van der Waals surface area contributed by atoms with Crippen LogP contribution < -0.4 is 5.32 Å². The van der Waals surface area contributed by atoms with Crippen LogP contribution in [0.15, 0.2) is 12.3 Å². The summed E-state index contributed by atoms with van der Waals surface area (Å²) in [5.74, 6) is 0.0847. The number of amides is 1. The molecule has 0 spiro atoms. The van der Waals surface area contributed by atoms with E-state index in [1.807, 2.05) is 0 Å². The number of nitrogens with zero attached hydrogens (tertiary/aromatic N) is 4. The van der Waals surface area contributed by atoms with Gasteiger partial charge in [-0.15, -0.1) is 0 Å². The first kappa shape index (κ1) is 19.3. The highest BCUT2D eigenvalue weighted by atomic mass is 16.6. The van der Waals surface area contributed by atoms with Crippen LogP contribution in [0.3, 0.4) is 0 Å². The minimum atomic E-state index is -0.537. The van der Waals surface area contributed by atoms with Gasteiger partial charge >= 0.3 is 0 Å². The Balaban J connectivity index is 2.04. The lowest BCUT2D eigenvalue weighted by atomic mass is 10.0. The smallest absolute Gasteiger partial charge is 0.288 e. The van der Waals surface area contributed by atoms with Crippen molar-refractivity contribution >= 4 is 11.6 Å². The zero-order valence-electron chi connectivity index (χ0n) is 15.4. The second kappa shape index (κ2) is 8.35. The molecule has 0 unspecified atom stereocenters. The van der Waals surface area contributed by atoms with Gasteiger partial charge in [0.2, 0.25) is 0 Å². The van der Waals surface area contributed by atoms with Crippen molar-refractivity contribution in [3.8, 4) is 0 Å². The molecule has 1 aromatic rings. The van der Waals surface area contributed by atoms with Crippen molar-refractivity contribution in [1.82, 2.24) is 20.1 Å². The van der Waals surface area contributed by atoms with E-state index in [0.29, 0.717) is 18.2 Å². The Hall–Kier alpha value is -2.06. The van der Waals surface area contributed by atoms with Gasteiger partial charge in [0.05, 0.1) is 16.2 Å². The first-order chi connectivity index (χ1) is 11.8. The van der Waals surface area contributed by atoms with Crippen molar-refractivity contribution < 1.29 is 9.72 Å². The van der Waals surface area contributed by atoms with Gasteiger partial charge in [-0.25, -0.2) is 0 Å². The molecule has 1 aliphatic rings. The van der Waals surface area contributed by atoms with E-state index in [2.05, 4.69) is 41.0 Å². The fourth-order valence-electron chi connectivity index (χ4n) is 3.08. The van der Waals surface area contributed by atoms with Gasteiger partial charge in [0.1, 0.15) is 6.20 Å². The molecule has 0 saturated carbocycles. The molecule has 1 amide bonds. The molecule has 25 heavy (non-hydrogen) atoms. The Bertz CT molecular complexity index is 627. The number of carbonyl (C=O) groups excluding carboxylic acids is 1. The van der Waals surface area contributed by atoms with Crippen LogP contribution in [-0.4, -0.2) is 71.4 Å². The predicted octanol–water partition coefficient (Wildman–Crippen LogP) is 1.30. The van der Waals surface area contributed by atoms with E-state index < -0.39 is 4.92 Å². The zero-order valence-corrected chi connectivity index (χ0v) is 15.4. The zero-order chi connectivity index (χ0) is 18.6. The Labute approximate surface area is 148 Å². The molecule has 0 radical (unpaired) electrons. The molecule has 2 rings (SSSR count). The minimum Gasteiger partial charge on any atom is -0.350 e. The standard InChI is InChI=1S/C17H27N5O3/c1-12(2)16(21-7-5-20(4)6-8-21)11-19-17(23)15-9-14(22(24)25)10-18-13(15)3/h9-10,12,16H,5-8,11H2,1-4H3,(H,19,23)/t16-/m0/s1. The molecule has 8 heteroatoms. The summed E-state index contributed by atoms with van der Waals surface area (Å²) in [6, 6.07) is 1.53. The lowest BCUT2D eigenvalue weighted by Gasteiger charge is -2.39. The molecule has 8 nitrogen and oxygen atoms in total. The van der Waals surface area contributed by atoms with E-state index in [1.165, 1.54) is 12.3 Å². The molecule has 1 aliphatic heterocycles. The second-order valence-electron chi connectivity index (χ2n) is 6.94. The molecule has 1 fully saturated rings. The van der Waals surface area contributed by atoms with Crippen molar-refractivity contribution in [2.45, 2.75) is 26.8 Å². The van der Waals surface area contributed by atoms with Gasteiger partial charge < -0.3 is 10.2 Å². The second-order valence-corrected chi connectivity index (χ2v) is 6.94. The monoisotopic (exact) mass is 349 g/mol. The first-order valence-corrected chi connectivity index (χ1v) is 8.61. The van der Waals surface area contributed by atoms with Gasteiger partial charge in [0.25, 0.3) is 11.6 Å². The molecular formula is C17H27N5O3. The maximum absolute atomic E-state index is 12.5. The number of piperazine rings is 1. The number of pyridine rings is 1. The topological polar surface area (TPSA) is 91.6 Å². The summed E-state index contributed by atoms with van der Waals surface area (Å²) < 4.78 is 0. The maximum Gasteiger partial charge on any atom is 0.288 e. The summed E-state index contributed by atoms with van der Waals surface area (Å²) in [5.41, 5.74) is 0.578. The van der Waals surface area contributed by atoms with Crippen LogP contribution >= 0.6 is 0 Å². The third-order valence-corrected chi connectivity index (χ3v) is 4.78. The van der Waals surface area contributed by atoms with Crippen molar-refractivity contribution in [2.24, 2.45) is 5.92 Å². The van der Waals surface area contributed by atoms with E-state index in [0.717, 1.165) is 26.2 Å². The van der Waals surface area contributed by atoms with Crippen LogP contribution in [0.2, 0.25) is 0 Å². The number of aryl methyl sites for hydroxylation is 1. The maximum atomic E-state index is 12.5. The minimum absolute atomic E-state index is 0.171. The molecule has 1 N–H and O–H groups in total. The summed E-state index contributed by atoms with van der Waals surface area (Å²) in [4.78, 5) is 31.5. The molecule has 1 saturated heterocycles. The number of nitro groups is 1. The summed E-state index contributed by atoms with van der Waals surface area (Å²) in [6.45, 7) is 10.5. The van der Waals surface area contributed by atoms with E-state index >= 15 is 0 Å². The highest BCUT2D eigenvalue weighted by Gasteiger charge is 2.26. The van der Waals surface area contributed by atoms with Crippen molar-refractivity contribution in [3.05, 3.63) is 33.6 Å². The summed E-state index contributed by atoms with van der Waals surface area (Å²) >= 11 is 0. The van der Waals surface area contributed by atoms with Crippen LogP contribution in [0.4, 0.5) is 5.69 Å². The van der Waals surface area contributed by atoms with Gasteiger partial charge in [-0.3, -0.25) is 24.8 Å². The number of likely N-dealkylation sites (N-methyl/N-ethyl adjacent to an activating group) is 1. The van der Waals surface area contributed by atoms with E-state index in [1.54, 1.807) is 6.92 Å². The van der Waals surface area contributed by atoms with Crippen LogP contribution in [-0.2, 0) is 0 Å². The van der Waals surface area contributed by atoms with Gasteiger partial charge in [-0.1, -0.05) is 13.8 Å². The van der Waals surface area contributed by atoms with E-state index in [-0.39, 0.29) is 23.2 Å². The molecule has 2 heterocycles. The first-order valence-electron chi connectivity index (χ1n) is 8.61. The van der Waals surface area contributed by atoms with E-state index in [4.69, 9.17) is 0 Å².